The predicted octanol–water partition coefficient (Wildman–Crippen LogP) is 3.68. The molecule has 0 amide bonds. The lowest BCUT2D eigenvalue weighted by atomic mass is 10.2. The van der Waals surface area contributed by atoms with E-state index >= 15 is 0 Å². The fourth-order valence-corrected chi connectivity index (χ4v) is 3.40. The molecule has 0 N–H and O–H groups in total. The molecule has 6 heteroatoms. The number of hydrogen-bond donors (Lipinski definition) is 0. The van der Waals surface area contributed by atoms with Crippen LogP contribution in [0.1, 0.15) is 17.1 Å². The smallest absolute Gasteiger partial charge is 0.261 e. The molecule has 0 aliphatic rings. The zero-order valence-corrected chi connectivity index (χ0v) is 16.5. The Labute approximate surface area is 169 Å². The molecule has 0 saturated heterocycles. The van der Waals surface area contributed by atoms with Crippen molar-refractivity contribution in [2.45, 2.75) is 19.6 Å². The third-order valence-corrected chi connectivity index (χ3v) is 4.86. The van der Waals surface area contributed by atoms with E-state index in [4.69, 9.17) is 14.1 Å². The van der Waals surface area contributed by atoms with E-state index in [1.54, 1.807) is 17.9 Å². The Morgan fingerprint density at radius 3 is 2.55 bits per heavy atom. The van der Waals surface area contributed by atoms with E-state index in [2.05, 4.69) is 4.90 Å². The molecule has 2 aromatic carbocycles. The number of hydrogen-bond acceptors (Lipinski definition) is 5. The highest BCUT2D eigenvalue weighted by Gasteiger charge is 2.14. The van der Waals surface area contributed by atoms with E-state index in [1.165, 1.54) is 0 Å². The molecule has 0 aliphatic carbocycles. The number of furan rings is 1. The van der Waals surface area contributed by atoms with Crippen LogP contribution in [0, 0.1) is 0 Å². The molecule has 4 rings (SSSR count). The Morgan fingerprint density at radius 1 is 1.03 bits per heavy atom. The Bertz CT molecular complexity index is 1150. The molecule has 0 spiro atoms. The number of para-hydroxylation sites is 1. The standard InChI is InChI=1S/C23H23N3O3/c1-25(14-17-9-11-18(28-2)12-10-17)16-22-24-21-8-4-3-7-20(21)23(27)26(22)15-19-6-5-13-29-19/h3-13H,14-16H2,1-2H3. The van der Waals surface area contributed by atoms with Crippen molar-refractivity contribution >= 4 is 10.9 Å². The van der Waals surface area contributed by atoms with Gasteiger partial charge in [-0.15, -0.1) is 0 Å². The average Bonchev–Trinajstić information content (AvgIpc) is 3.25. The van der Waals surface area contributed by atoms with Gasteiger partial charge in [-0.2, -0.15) is 0 Å². The minimum absolute atomic E-state index is 0.0557. The minimum atomic E-state index is -0.0557. The van der Waals surface area contributed by atoms with E-state index in [-0.39, 0.29) is 5.56 Å². The summed E-state index contributed by atoms with van der Waals surface area (Å²) in [5.41, 5.74) is 1.81. The summed E-state index contributed by atoms with van der Waals surface area (Å²) in [6, 6.07) is 19.1. The van der Waals surface area contributed by atoms with Gasteiger partial charge in [0.05, 0.1) is 37.4 Å². The number of aromatic nitrogens is 2. The molecule has 2 aromatic heterocycles. The fraction of sp³-hybridized carbons (Fsp3) is 0.217. The van der Waals surface area contributed by atoms with Gasteiger partial charge in [-0.25, -0.2) is 4.98 Å². The van der Waals surface area contributed by atoms with Crippen LogP contribution in [0.15, 0.2) is 76.1 Å². The van der Waals surface area contributed by atoms with Crippen LogP contribution in [0.2, 0.25) is 0 Å². The summed E-state index contributed by atoms with van der Waals surface area (Å²) in [7, 11) is 3.67. The highest BCUT2D eigenvalue weighted by molar-refractivity contribution is 5.77. The van der Waals surface area contributed by atoms with Gasteiger partial charge in [-0.1, -0.05) is 24.3 Å². The number of rotatable bonds is 7. The van der Waals surface area contributed by atoms with Crippen LogP contribution in [0.3, 0.4) is 0 Å². The molecule has 2 heterocycles. The van der Waals surface area contributed by atoms with Gasteiger partial charge >= 0.3 is 0 Å². The quantitative estimate of drug-likeness (QED) is 0.483. The van der Waals surface area contributed by atoms with Crippen molar-refractivity contribution in [3.63, 3.8) is 0 Å². The van der Waals surface area contributed by atoms with Crippen molar-refractivity contribution < 1.29 is 9.15 Å². The Kier molecular flexibility index (Phi) is 5.44. The molecule has 148 valence electrons. The van der Waals surface area contributed by atoms with Crippen LogP contribution in [0.5, 0.6) is 5.75 Å². The van der Waals surface area contributed by atoms with Gasteiger partial charge in [0.25, 0.3) is 5.56 Å². The SMILES string of the molecule is COc1ccc(CN(C)Cc2nc3ccccc3c(=O)n2Cc2ccco2)cc1. The molecule has 0 fully saturated rings. The van der Waals surface area contributed by atoms with E-state index < -0.39 is 0 Å². The van der Waals surface area contributed by atoms with Crippen LogP contribution in [0.25, 0.3) is 10.9 Å². The van der Waals surface area contributed by atoms with Crippen molar-refractivity contribution in [2.75, 3.05) is 14.2 Å². The first-order chi connectivity index (χ1) is 14.1. The largest absolute Gasteiger partial charge is 0.497 e. The Morgan fingerprint density at radius 2 is 1.83 bits per heavy atom. The molecular formula is C23H23N3O3. The topological polar surface area (TPSA) is 60.5 Å². The molecule has 0 atom stereocenters. The van der Waals surface area contributed by atoms with Crippen molar-refractivity contribution in [2.24, 2.45) is 0 Å². The van der Waals surface area contributed by atoms with E-state index in [0.29, 0.717) is 29.8 Å². The molecule has 0 radical (unpaired) electrons. The molecule has 4 aromatic rings. The number of fused-ring (bicyclic) bond motifs is 1. The first-order valence-corrected chi connectivity index (χ1v) is 9.46. The summed E-state index contributed by atoms with van der Waals surface area (Å²) in [4.78, 5) is 20.1. The maximum Gasteiger partial charge on any atom is 0.261 e. The second kappa shape index (κ2) is 8.32. The highest BCUT2D eigenvalue weighted by atomic mass is 16.5. The third kappa shape index (κ3) is 4.22. The lowest BCUT2D eigenvalue weighted by Gasteiger charge is -2.19. The first-order valence-electron chi connectivity index (χ1n) is 9.46. The molecule has 0 bridgehead atoms. The maximum atomic E-state index is 13.1. The van der Waals surface area contributed by atoms with Gasteiger partial charge in [-0.3, -0.25) is 14.3 Å². The second-order valence-electron chi connectivity index (χ2n) is 7.04. The number of methoxy groups -OCH3 is 1. The predicted molar refractivity (Wildman–Crippen MR) is 112 cm³/mol. The van der Waals surface area contributed by atoms with Gasteiger partial charge in [-0.05, 0) is 49.0 Å². The lowest BCUT2D eigenvalue weighted by Crippen LogP contribution is -2.29. The summed E-state index contributed by atoms with van der Waals surface area (Å²) in [6.45, 7) is 1.62. The van der Waals surface area contributed by atoms with E-state index in [1.807, 2.05) is 67.7 Å². The van der Waals surface area contributed by atoms with Gasteiger partial charge in [0.2, 0.25) is 0 Å². The average molecular weight is 389 g/mol. The van der Waals surface area contributed by atoms with Gasteiger partial charge in [0.1, 0.15) is 17.3 Å². The monoisotopic (exact) mass is 389 g/mol. The minimum Gasteiger partial charge on any atom is -0.497 e. The van der Waals surface area contributed by atoms with Gasteiger partial charge in [0.15, 0.2) is 0 Å². The van der Waals surface area contributed by atoms with Crippen molar-refractivity contribution in [1.29, 1.82) is 0 Å². The Balaban J connectivity index is 1.64. The van der Waals surface area contributed by atoms with Crippen molar-refractivity contribution in [3.05, 3.63) is 94.4 Å². The van der Waals surface area contributed by atoms with Gasteiger partial charge < -0.3 is 9.15 Å². The molecule has 0 aliphatic heterocycles. The highest BCUT2D eigenvalue weighted by Crippen LogP contribution is 2.15. The zero-order valence-electron chi connectivity index (χ0n) is 16.5. The number of nitrogens with zero attached hydrogens (tertiary/aromatic N) is 3. The second-order valence-corrected chi connectivity index (χ2v) is 7.04. The van der Waals surface area contributed by atoms with Crippen LogP contribution < -0.4 is 10.3 Å². The summed E-state index contributed by atoms with van der Waals surface area (Å²) in [5.74, 6) is 2.27. The van der Waals surface area contributed by atoms with Crippen molar-refractivity contribution in [1.82, 2.24) is 14.5 Å². The molecule has 6 nitrogen and oxygen atoms in total. The molecule has 29 heavy (non-hydrogen) atoms. The van der Waals surface area contributed by atoms with Crippen molar-refractivity contribution in [3.8, 4) is 5.75 Å². The van der Waals surface area contributed by atoms with E-state index in [0.717, 1.165) is 23.6 Å². The first kappa shape index (κ1) is 19.0. The molecule has 0 unspecified atom stereocenters. The van der Waals surface area contributed by atoms with Crippen LogP contribution in [-0.4, -0.2) is 28.6 Å². The summed E-state index contributed by atoms with van der Waals surface area (Å²) in [6.07, 6.45) is 1.62. The Hall–Kier alpha value is -3.38. The summed E-state index contributed by atoms with van der Waals surface area (Å²) >= 11 is 0. The normalized spacial score (nSPS) is 11.3. The number of ether oxygens (including phenoxy) is 1. The maximum absolute atomic E-state index is 13.1. The fourth-order valence-electron chi connectivity index (χ4n) is 3.40. The zero-order chi connectivity index (χ0) is 20.2. The van der Waals surface area contributed by atoms with Crippen LogP contribution in [0.4, 0.5) is 0 Å². The van der Waals surface area contributed by atoms with Crippen LogP contribution >= 0.6 is 0 Å². The van der Waals surface area contributed by atoms with E-state index in [9.17, 15) is 4.79 Å². The summed E-state index contributed by atoms with van der Waals surface area (Å²) in [5, 5.41) is 0.612. The van der Waals surface area contributed by atoms with Crippen LogP contribution in [-0.2, 0) is 19.6 Å². The molecule has 0 saturated carbocycles. The molecular weight excluding hydrogens is 366 g/mol. The summed E-state index contributed by atoms with van der Waals surface area (Å²) < 4.78 is 12.4. The van der Waals surface area contributed by atoms with Gasteiger partial charge in [0, 0.05) is 6.54 Å². The lowest BCUT2D eigenvalue weighted by molar-refractivity contribution is 0.302. The third-order valence-electron chi connectivity index (χ3n) is 4.86. The number of benzene rings is 2.